The molecule has 0 radical (unpaired) electrons. The highest BCUT2D eigenvalue weighted by atomic mass is 16.2. The molecule has 2 rings (SSSR count). The number of nitrogens with one attached hydrogen (secondary N) is 1. The number of hydrogen-bond donors (Lipinski definition) is 1. The lowest BCUT2D eigenvalue weighted by molar-refractivity contribution is 0.0676. The van der Waals surface area contributed by atoms with E-state index in [0.717, 1.165) is 19.5 Å². The molecule has 19 heavy (non-hydrogen) atoms. The number of nitrogens with zero attached hydrogens (tertiary/aromatic N) is 3. The molecule has 0 aromatic carbocycles. The van der Waals surface area contributed by atoms with Crippen LogP contribution in [0.2, 0.25) is 0 Å². The van der Waals surface area contributed by atoms with E-state index in [-0.39, 0.29) is 11.9 Å². The summed E-state index contributed by atoms with van der Waals surface area (Å²) in [6.07, 6.45) is 7.08. The standard InChI is InChI=1S/C14H24N4O/c1-11(2)18(10-13-6-4-5-7-15-13)14(19)12-8-16-17(3)9-12/h8-9,11,13,15H,4-7,10H2,1-3H3. The fraction of sp³-hybridized carbons (Fsp3) is 0.714. The molecule has 1 atom stereocenters. The van der Waals surface area contributed by atoms with Crippen molar-refractivity contribution in [1.29, 1.82) is 0 Å². The van der Waals surface area contributed by atoms with Crippen molar-refractivity contribution in [2.75, 3.05) is 13.1 Å². The smallest absolute Gasteiger partial charge is 0.257 e. The van der Waals surface area contributed by atoms with Crippen LogP contribution in [0.3, 0.4) is 0 Å². The molecule has 2 heterocycles. The Balaban J connectivity index is 2.04. The lowest BCUT2D eigenvalue weighted by atomic mass is 10.0. The van der Waals surface area contributed by atoms with Gasteiger partial charge in [0.05, 0.1) is 11.8 Å². The van der Waals surface area contributed by atoms with Crippen LogP contribution in [0.15, 0.2) is 12.4 Å². The zero-order valence-corrected chi connectivity index (χ0v) is 12.1. The zero-order valence-electron chi connectivity index (χ0n) is 12.1. The van der Waals surface area contributed by atoms with E-state index < -0.39 is 0 Å². The van der Waals surface area contributed by atoms with Crippen molar-refractivity contribution in [3.05, 3.63) is 18.0 Å². The van der Waals surface area contributed by atoms with Gasteiger partial charge in [0.15, 0.2) is 0 Å². The van der Waals surface area contributed by atoms with Crippen LogP contribution in [-0.4, -0.2) is 45.8 Å². The molecule has 0 bridgehead atoms. The molecule has 1 saturated heterocycles. The molecule has 1 unspecified atom stereocenters. The number of carbonyl (C=O) groups excluding carboxylic acids is 1. The number of piperidine rings is 1. The third-order valence-corrected chi connectivity index (χ3v) is 3.67. The van der Waals surface area contributed by atoms with Gasteiger partial charge in [-0.05, 0) is 33.2 Å². The van der Waals surface area contributed by atoms with Gasteiger partial charge in [0, 0.05) is 31.9 Å². The van der Waals surface area contributed by atoms with Crippen LogP contribution in [0.1, 0.15) is 43.5 Å². The molecule has 0 spiro atoms. The number of aromatic nitrogens is 2. The molecular weight excluding hydrogens is 240 g/mol. The Bertz CT molecular complexity index is 421. The summed E-state index contributed by atoms with van der Waals surface area (Å²) in [6, 6.07) is 0.633. The molecule has 5 heteroatoms. The van der Waals surface area contributed by atoms with E-state index in [1.54, 1.807) is 17.1 Å². The van der Waals surface area contributed by atoms with Crippen LogP contribution < -0.4 is 5.32 Å². The fourth-order valence-electron chi connectivity index (χ4n) is 2.54. The average molecular weight is 264 g/mol. The molecule has 1 fully saturated rings. The number of carbonyl (C=O) groups is 1. The van der Waals surface area contributed by atoms with Crippen LogP contribution in [0.5, 0.6) is 0 Å². The monoisotopic (exact) mass is 264 g/mol. The molecule has 1 aromatic heterocycles. The number of rotatable bonds is 4. The maximum atomic E-state index is 12.5. The van der Waals surface area contributed by atoms with Gasteiger partial charge < -0.3 is 10.2 Å². The van der Waals surface area contributed by atoms with Gasteiger partial charge in [-0.2, -0.15) is 5.10 Å². The topological polar surface area (TPSA) is 50.2 Å². The fourth-order valence-corrected chi connectivity index (χ4v) is 2.54. The van der Waals surface area contributed by atoms with Gasteiger partial charge in [-0.15, -0.1) is 0 Å². The van der Waals surface area contributed by atoms with Crippen molar-refractivity contribution < 1.29 is 4.79 Å². The van der Waals surface area contributed by atoms with Crippen LogP contribution in [-0.2, 0) is 7.05 Å². The third-order valence-electron chi connectivity index (χ3n) is 3.67. The van der Waals surface area contributed by atoms with Gasteiger partial charge in [0.25, 0.3) is 5.91 Å². The Morgan fingerprint density at radius 1 is 1.58 bits per heavy atom. The predicted octanol–water partition coefficient (Wildman–Crippen LogP) is 1.41. The Kier molecular flexibility index (Phi) is 4.58. The van der Waals surface area contributed by atoms with Crippen molar-refractivity contribution in [1.82, 2.24) is 20.0 Å². The Labute approximate surface area is 115 Å². The van der Waals surface area contributed by atoms with Crippen LogP contribution in [0, 0.1) is 0 Å². The van der Waals surface area contributed by atoms with Crippen molar-refractivity contribution in [2.24, 2.45) is 7.05 Å². The summed E-state index contributed by atoms with van der Waals surface area (Å²) < 4.78 is 1.67. The van der Waals surface area contributed by atoms with E-state index in [1.807, 2.05) is 11.9 Å². The van der Waals surface area contributed by atoms with E-state index in [0.29, 0.717) is 11.6 Å². The van der Waals surface area contributed by atoms with Gasteiger partial charge in [-0.1, -0.05) is 6.42 Å². The zero-order chi connectivity index (χ0) is 13.8. The Morgan fingerprint density at radius 2 is 2.37 bits per heavy atom. The molecule has 0 aliphatic carbocycles. The lowest BCUT2D eigenvalue weighted by Gasteiger charge is -2.33. The average Bonchev–Trinajstić information content (AvgIpc) is 2.83. The summed E-state index contributed by atoms with van der Waals surface area (Å²) in [5.74, 6) is 0.0791. The quantitative estimate of drug-likeness (QED) is 0.894. The number of amides is 1. The molecule has 1 aliphatic rings. The minimum Gasteiger partial charge on any atom is -0.335 e. The Morgan fingerprint density at radius 3 is 2.89 bits per heavy atom. The first kappa shape index (κ1) is 14.1. The van der Waals surface area contributed by atoms with E-state index in [4.69, 9.17) is 0 Å². The lowest BCUT2D eigenvalue weighted by Crippen LogP contribution is -2.48. The van der Waals surface area contributed by atoms with Crippen molar-refractivity contribution in [3.8, 4) is 0 Å². The second-order valence-corrected chi connectivity index (χ2v) is 5.60. The minimum atomic E-state index is 0.0791. The first-order chi connectivity index (χ1) is 9.08. The molecule has 1 aliphatic heterocycles. The first-order valence-corrected chi connectivity index (χ1v) is 7.11. The second-order valence-electron chi connectivity index (χ2n) is 5.60. The molecule has 106 valence electrons. The highest BCUT2D eigenvalue weighted by Crippen LogP contribution is 2.13. The van der Waals surface area contributed by atoms with E-state index in [9.17, 15) is 4.79 Å². The van der Waals surface area contributed by atoms with Gasteiger partial charge >= 0.3 is 0 Å². The summed E-state index contributed by atoms with van der Waals surface area (Å²) in [7, 11) is 1.83. The highest BCUT2D eigenvalue weighted by molar-refractivity contribution is 5.93. The normalized spacial score (nSPS) is 19.7. The first-order valence-electron chi connectivity index (χ1n) is 7.11. The molecule has 1 N–H and O–H groups in total. The van der Waals surface area contributed by atoms with Gasteiger partial charge in [-0.3, -0.25) is 9.48 Å². The van der Waals surface area contributed by atoms with Crippen LogP contribution in [0.4, 0.5) is 0 Å². The van der Waals surface area contributed by atoms with E-state index in [1.165, 1.54) is 12.8 Å². The molecule has 5 nitrogen and oxygen atoms in total. The molecule has 1 amide bonds. The predicted molar refractivity (Wildman–Crippen MR) is 75.0 cm³/mol. The van der Waals surface area contributed by atoms with Gasteiger partial charge in [0.2, 0.25) is 0 Å². The SMILES string of the molecule is CC(C)N(CC1CCCCN1)C(=O)c1cnn(C)c1. The van der Waals surface area contributed by atoms with Gasteiger partial charge in [-0.25, -0.2) is 0 Å². The molecule has 1 aromatic rings. The van der Waals surface area contributed by atoms with Crippen LogP contribution in [0.25, 0.3) is 0 Å². The second kappa shape index (κ2) is 6.19. The maximum Gasteiger partial charge on any atom is 0.257 e. The summed E-state index contributed by atoms with van der Waals surface area (Å²) in [6.45, 7) is 5.98. The minimum absolute atomic E-state index is 0.0791. The third kappa shape index (κ3) is 3.56. The summed E-state index contributed by atoms with van der Waals surface area (Å²) >= 11 is 0. The van der Waals surface area contributed by atoms with Gasteiger partial charge in [0.1, 0.15) is 0 Å². The number of hydrogen-bond acceptors (Lipinski definition) is 3. The summed E-state index contributed by atoms with van der Waals surface area (Å²) in [5, 5.41) is 7.58. The molecule has 0 saturated carbocycles. The van der Waals surface area contributed by atoms with E-state index >= 15 is 0 Å². The van der Waals surface area contributed by atoms with Crippen molar-refractivity contribution in [2.45, 2.75) is 45.2 Å². The number of aryl methyl sites for hydroxylation is 1. The highest BCUT2D eigenvalue weighted by Gasteiger charge is 2.24. The largest absolute Gasteiger partial charge is 0.335 e. The maximum absolute atomic E-state index is 12.5. The summed E-state index contributed by atoms with van der Waals surface area (Å²) in [5.41, 5.74) is 0.673. The molecular formula is C14H24N4O. The van der Waals surface area contributed by atoms with Crippen molar-refractivity contribution in [3.63, 3.8) is 0 Å². The summed E-state index contributed by atoms with van der Waals surface area (Å²) in [4.78, 5) is 14.5. The Hall–Kier alpha value is -1.36. The van der Waals surface area contributed by atoms with Crippen LogP contribution >= 0.6 is 0 Å². The van der Waals surface area contributed by atoms with E-state index in [2.05, 4.69) is 24.3 Å². The van der Waals surface area contributed by atoms with Crippen molar-refractivity contribution >= 4 is 5.91 Å².